The lowest BCUT2D eigenvalue weighted by Crippen LogP contribution is -2.36. The van der Waals surface area contributed by atoms with Crippen molar-refractivity contribution in [1.29, 1.82) is 0 Å². The van der Waals surface area contributed by atoms with Crippen LogP contribution in [0.3, 0.4) is 0 Å². The second kappa shape index (κ2) is 8.25. The van der Waals surface area contributed by atoms with Gasteiger partial charge in [0.15, 0.2) is 0 Å². The SMILES string of the molecule is C=C1[C@H](O)CC(=C/C=C2\CCC[C@@]3(C)C2CC[C@@H]3[C@@H](C)CC(C)C)C[C@H]1O. The maximum absolute atomic E-state index is 10.1. The predicted octanol–water partition coefficient (Wildman–Crippen LogP) is 5.81. The topological polar surface area (TPSA) is 40.5 Å². The molecular weight excluding hydrogens is 332 g/mol. The van der Waals surface area contributed by atoms with Crippen molar-refractivity contribution in [2.45, 2.75) is 91.3 Å². The molecule has 3 saturated carbocycles. The lowest BCUT2D eigenvalue weighted by Gasteiger charge is -2.44. The van der Waals surface area contributed by atoms with E-state index in [0.717, 1.165) is 29.2 Å². The minimum atomic E-state index is -0.595. The third-order valence-corrected chi connectivity index (χ3v) is 7.87. The molecule has 3 fully saturated rings. The van der Waals surface area contributed by atoms with Crippen molar-refractivity contribution in [2.75, 3.05) is 0 Å². The summed E-state index contributed by atoms with van der Waals surface area (Å²) in [5, 5.41) is 20.2. The zero-order valence-electron chi connectivity index (χ0n) is 17.9. The average Bonchev–Trinajstić information content (AvgIpc) is 2.94. The smallest absolute Gasteiger partial charge is 0.0809 e. The highest BCUT2D eigenvalue weighted by Gasteiger charge is 2.50. The second-order valence-electron chi connectivity index (χ2n) is 10.3. The molecular formula is C25H40O2. The van der Waals surface area contributed by atoms with Crippen molar-refractivity contribution >= 4 is 0 Å². The number of allylic oxidation sites excluding steroid dienone is 3. The van der Waals surface area contributed by atoms with Crippen LogP contribution in [0.4, 0.5) is 0 Å². The van der Waals surface area contributed by atoms with E-state index >= 15 is 0 Å². The van der Waals surface area contributed by atoms with Gasteiger partial charge >= 0.3 is 0 Å². The van der Waals surface area contributed by atoms with E-state index in [1.165, 1.54) is 38.5 Å². The van der Waals surface area contributed by atoms with Gasteiger partial charge in [-0.3, -0.25) is 0 Å². The van der Waals surface area contributed by atoms with Gasteiger partial charge in [0.05, 0.1) is 12.2 Å². The van der Waals surface area contributed by atoms with Gasteiger partial charge in [0.25, 0.3) is 0 Å². The molecule has 0 spiro atoms. The first kappa shape index (κ1) is 20.9. The highest BCUT2D eigenvalue weighted by molar-refractivity contribution is 5.29. The van der Waals surface area contributed by atoms with E-state index in [4.69, 9.17) is 0 Å². The van der Waals surface area contributed by atoms with Gasteiger partial charge in [-0.15, -0.1) is 0 Å². The van der Waals surface area contributed by atoms with Crippen molar-refractivity contribution in [3.8, 4) is 0 Å². The van der Waals surface area contributed by atoms with E-state index in [1.807, 2.05) is 0 Å². The summed E-state index contributed by atoms with van der Waals surface area (Å²) >= 11 is 0. The maximum Gasteiger partial charge on any atom is 0.0809 e. The first-order chi connectivity index (χ1) is 12.7. The number of aliphatic hydroxyl groups is 2. The summed E-state index contributed by atoms with van der Waals surface area (Å²) in [6.07, 6.45) is 12.5. The Balaban J connectivity index is 1.76. The Kier molecular flexibility index (Phi) is 6.37. The monoisotopic (exact) mass is 372 g/mol. The normalized spacial score (nSPS) is 39.7. The summed E-state index contributed by atoms with van der Waals surface area (Å²) in [5.74, 6) is 3.16. The number of rotatable bonds is 4. The number of aliphatic hydroxyl groups excluding tert-OH is 2. The zero-order chi connectivity index (χ0) is 19.8. The molecule has 0 aliphatic heterocycles. The number of fused-ring (bicyclic) bond motifs is 1. The fourth-order valence-corrected chi connectivity index (χ4v) is 6.55. The van der Waals surface area contributed by atoms with Crippen LogP contribution in [0.2, 0.25) is 0 Å². The minimum absolute atomic E-state index is 0.455. The van der Waals surface area contributed by atoms with E-state index in [-0.39, 0.29) is 0 Å². The van der Waals surface area contributed by atoms with Gasteiger partial charge in [-0.05, 0) is 86.0 Å². The number of hydrogen-bond acceptors (Lipinski definition) is 2. The third-order valence-electron chi connectivity index (χ3n) is 7.87. The van der Waals surface area contributed by atoms with Gasteiger partial charge in [0.1, 0.15) is 0 Å². The predicted molar refractivity (Wildman–Crippen MR) is 113 cm³/mol. The molecule has 6 atom stereocenters. The third kappa shape index (κ3) is 4.27. The van der Waals surface area contributed by atoms with E-state index in [2.05, 4.69) is 46.4 Å². The molecule has 3 rings (SSSR count). The van der Waals surface area contributed by atoms with Crippen LogP contribution < -0.4 is 0 Å². The van der Waals surface area contributed by atoms with E-state index in [1.54, 1.807) is 5.57 Å². The molecule has 3 aliphatic rings. The lowest BCUT2D eigenvalue weighted by molar-refractivity contribution is 0.0893. The van der Waals surface area contributed by atoms with Crippen LogP contribution in [0.1, 0.15) is 79.1 Å². The Morgan fingerprint density at radius 1 is 1.11 bits per heavy atom. The van der Waals surface area contributed by atoms with Crippen LogP contribution in [-0.2, 0) is 0 Å². The molecule has 3 aliphatic carbocycles. The van der Waals surface area contributed by atoms with E-state index in [0.29, 0.717) is 23.8 Å². The summed E-state index contributed by atoms with van der Waals surface area (Å²) < 4.78 is 0. The van der Waals surface area contributed by atoms with Crippen molar-refractivity contribution in [3.63, 3.8) is 0 Å². The fraction of sp³-hybridized carbons (Fsp3) is 0.760. The highest BCUT2D eigenvalue weighted by atomic mass is 16.3. The van der Waals surface area contributed by atoms with Crippen LogP contribution in [0.15, 0.2) is 35.5 Å². The molecule has 0 radical (unpaired) electrons. The summed E-state index contributed by atoms with van der Waals surface area (Å²) in [7, 11) is 0. The lowest BCUT2D eigenvalue weighted by atomic mass is 9.60. The van der Waals surface area contributed by atoms with Crippen molar-refractivity contribution < 1.29 is 10.2 Å². The molecule has 0 heterocycles. The molecule has 27 heavy (non-hydrogen) atoms. The van der Waals surface area contributed by atoms with Gasteiger partial charge in [0, 0.05) is 0 Å². The second-order valence-corrected chi connectivity index (χ2v) is 10.3. The Morgan fingerprint density at radius 2 is 1.78 bits per heavy atom. The Morgan fingerprint density at radius 3 is 2.41 bits per heavy atom. The average molecular weight is 373 g/mol. The van der Waals surface area contributed by atoms with Crippen LogP contribution in [0.25, 0.3) is 0 Å². The molecule has 152 valence electrons. The molecule has 2 heteroatoms. The molecule has 0 bridgehead atoms. The first-order valence-corrected chi connectivity index (χ1v) is 11.2. The Hall–Kier alpha value is -0.860. The van der Waals surface area contributed by atoms with Crippen molar-refractivity contribution in [2.24, 2.45) is 29.1 Å². The molecule has 1 unspecified atom stereocenters. The Labute approximate surface area is 166 Å². The van der Waals surface area contributed by atoms with Gasteiger partial charge in [-0.1, -0.05) is 57.6 Å². The van der Waals surface area contributed by atoms with Crippen LogP contribution >= 0.6 is 0 Å². The highest BCUT2D eigenvalue weighted by Crippen LogP contribution is 2.60. The first-order valence-electron chi connectivity index (χ1n) is 11.2. The molecule has 2 nitrogen and oxygen atoms in total. The zero-order valence-corrected chi connectivity index (χ0v) is 17.9. The van der Waals surface area contributed by atoms with Gasteiger partial charge < -0.3 is 10.2 Å². The molecule has 0 aromatic carbocycles. The van der Waals surface area contributed by atoms with Crippen LogP contribution in [-0.4, -0.2) is 22.4 Å². The summed E-state index contributed by atoms with van der Waals surface area (Å²) in [5.41, 5.74) is 3.80. The molecule has 0 saturated heterocycles. The Bertz CT molecular complexity index is 598. The van der Waals surface area contributed by atoms with Crippen LogP contribution in [0.5, 0.6) is 0 Å². The standard InChI is InChI=1S/C25H40O2/c1-16(2)13-17(3)21-10-11-22-20(7-6-12-25(21,22)5)9-8-19-14-23(26)18(4)24(27)15-19/h8-9,16-17,21-24,26-27H,4,6-7,10-15H2,1-3,5H3/b20-9+/t17-,21+,22?,23+,24+,25+/m0/s1. The maximum atomic E-state index is 10.1. The van der Waals surface area contributed by atoms with Crippen molar-refractivity contribution in [3.05, 3.63) is 35.5 Å². The van der Waals surface area contributed by atoms with E-state index in [9.17, 15) is 10.2 Å². The molecule has 0 amide bonds. The quantitative estimate of drug-likeness (QED) is 0.611. The van der Waals surface area contributed by atoms with Gasteiger partial charge in [-0.2, -0.15) is 0 Å². The van der Waals surface area contributed by atoms with Crippen LogP contribution in [0, 0.1) is 29.1 Å². The van der Waals surface area contributed by atoms with Crippen molar-refractivity contribution in [1.82, 2.24) is 0 Å². The molecule has 0 aromatic rings. The molecule has 2 N–H and O–H groups in total. The summed E-state index contributed by atoms with van der Waals surface area (Å²) in [6.45, 7) is 13.6. The fourth-order valence-electron chi connectivity index (χ4n) is 6.55. The van der Waals surface area contributed by atoms with Gasteiger partial charge in [0.2, 0.25) is 0 Å². The number of hydrogen-bond donors (Lipinski definition) is 2. The summed E-state index contributed by atoms with van der Waals surface area (Å²) in [6, 6.07) is 0. The van der Waals surface area contributed by atoms with E-state index < -0.39 is 12.2 Å². The van der Waals surface area contributed by atoms with Gasteiger partial charge in [-0.25, -0.2) is 0 Å². The minimum Gasteiger partial charge on any atom is -0.388 e. The molecule has 0 aromatic heterocycles. The largest absolute Gasteiger partial charge is 0.388 e. The summed E-state index contributed by atoms with van der Waals surface area (Å²) in [4.78, 5) is 0.